The first-order valence-corrected chi connectivity index (χ1v) is 12.4. The highest BCUT2D eigenvalue weighted by Crippen LogP contribution is 2.30. The van der Waals surface area contributed by atoms with E-state index in [-0.39, 0.29) is 18.2 Å². The van der Waals surface area contributed by atoms with Crippen LogP contribution in [0.25, 0.3) is 0 Å². The Bertz CT molecular complexity index is 1010. The van der Waals surface area contributed by atoms with E-state index in [1.54, 1.807) is 13.1 Å². The molecule has 1 fully saturated rings. The Labute approximate surface area is 204 Å². The molecule has 33 heavy (non-hydrogen) atoms. The van der Waals surface area contributed by atoms with E-state index in [1.807, 2.05) is 43.3 Å². The van der Waals surface area contributed by atoms with Crippen LogP contribution in [0.2, 0.25) is 5.02 Å². The zero-order valence-electron chi connectivity index (χ0n) is 19.3. The molecule has 0 aliphatic carbocycles. The van der Waals surface area contributed by atoms with Crippen molar-refractivity contribution >= 4 is 51.7 Å². The second kappa shape index (κ2) is 12.1. The van der Waals surface area contributed by atoms with Crippen LogP contribution in [0.3, 0.4) is 0 Å². The summed E-state index contributed by atoms with van der Waals surface area (Å²) < 4.78 is 5.75. The average molecular weight is 488 g/mol. The lowest BCUT2D eigenvalue weighted by Crippen LogP contribution is -2.43. The summed E-state index contributed by atoms with van der Waals surface area (Å²) in [6.45, 7) is 4.78. The Kier molecular flexibility index (Phi) is 9.21. The van der Waals surface area contributed by atoms with Crippen LogP contribution in [0.4, 0.5) is 11.4 Å². The number of carbonyl (C=O) groups is 2. The summed E-state index contributed by atoms with van der Waals surface area (Å²) in [6, 6.07) is 12.8. The normalized spacial score (nSPS) is 17.3. The molecule has 176 valence electrons. The molecule has 1 aliphatic rings. The van der Waals surface area contributed by atoms with E-state index in [9.17, 15) is 9.59 Å². The molecule has 0 aromatic heterocycles. The van der Waals surface area contributed by atoms with Gasteiger partial charge in [0.05, 0.1) is 12.3 Å². The van der Waals surface area contributed by atoms with E-state index in [1.165, 1.54) is 35.9 Å². The maximum atomic E-state index is 12.9. The smallest absolute Gasteiger partial charge is 0.238 e. The molecule has 1 N–H and O–H groups in total. The maximum absolute atomic E-state index is 12.9. The van der Waals surface area contributed by atoms with Crippen molar-refractivity contribution in [3.05, 3.63) is 53.1 Å². The number of benzene rings is 2. The topological polar surface area (TPSA) is 71.0 Å². The molecule has 2 aromatic rings. The van der Waals surface area contributed by atoms with Crippen LogP contribution in [0.5, 0.6) is 5.75 Å². The Balaban J connectivity index is 1.60. The van der Waals surface area contributed by atoms with E-state index in [4.69, 9.17) is 16.3 Å². The summed E-state index contributed by atoms with van der Waals surface area (Å²) in [7, 11) is 1.67. The number of amidine groups is 1. The Hall–Kier alpha value is -2.51. The van der Waals surface area contributed by atoms with Crippen molar-refractivity contribution in [2.45, 2.75) is 51.2 Å². The van der Waals surface area contributed by atoms with Crippen molar-refractivity contribution in [2.75, 3.05) is 19.0 Å². The van der Waals surface area contributed by atoms with Gasteiger partial charge in [-0.05, 0) is 55.3 Å². The zero-order valence-corrected chi connectivity index (χ0v) is 20.8. The second-order valence-electron chi connectivity index (χ2n) is 8.01. The zero-order chi connectivity index (χ0) is 23.8. The second-order valence-corrected chi connectivity index (χ2v) is 9.59. The van der Waals surface area contributed by atoms with Gasteiger partial charge in [-0.25, -0.2) is 4.99 Å². The number of nitrogens with one attached hydrogen (secondary N) is 1. The van der Waals surface area contributed by atoms with Crippen molar-refractivity contribution in [1.82, 2.24) is 4.90 Å². The molecule has 1 heterocycles. The van der Waals surface area contributed by atoms with Gasteiger partial charge in [0, 0.05) is 24.2 Å². The van der Waals surface area contributed by atoms with Gasteiger partial charge in [-0.2, -0.15) is 0 Å². The fourth-order valence-corrected chi connectivity index (χ4v) is 4.47. The van der Waals surface area contributed by atoms with Gasteiger partial charge >= 0.3 is 0 Å². The molecule has 0 saturated carbocycles. The van der Waals surface area contributed by atoms with Gasteiger partial charge in [-0.3, -0.25) is 14.5 Å². The lowest BCUT2D eigenvalue weighted by molar-refractivity contribution is -0.128. The minimum absolute atomic E-state index is 0.111. The Morgan fingerprint density at radius 3 is 2.67 bits per heavy atom. The van der Waals surface area contributed by atoms with Crippen LogP contribution in [-0.2, 0) is 9.59 Å². The number of aryl methyl sites for hydroxylation is 1. The fourth-order valence-electron chi connectivity index (χ4n) is 3.24. The number of unbranched alkanes of at least 4 members (excludes halogenated alkanes) is 3. The van der Waals surface area contributed by atoms with E-state index in [0.717, 1.165) is 17.7 Å². The number of amides is 2. The van der Waals surface area contributed by atoms with Crippen LogP contribution >= 0.6 is 23.4 Å². The SMILES string of the molecule is CCCCCCOc1ccc(NC(=O)C2CC(=O)N(C)C(=Nc3ccc(C)c(Cl)c3)S2)cc1. The van der Waals surface area contributed by atoms with Crippen molar-refractivity contribution in [2.24, 2.45) is 4.99 Å². The largest absolute Gasteiger partial charge is 0.494 e. The summed E-state index contributed by atoms with van der Waals surface area (Å²) in [5.74, 6) is 0.390. The van der Waals surface area contributed by atoms with Crippen molar-refractivity contribution < 1.29 is 14.3 Å². The van der Waals surface area contributed by atoms with Gasteiger partial charge in [0.15, 0.2) is 5.17 Å². The van der Waals surface area contributed by atoms with Crippen molar-refractivity contribution in [1.29, 1.82) is 0 Å². The molecule has 3 rings (SSSR count). The maximum Gasteiger partial charge on any atom is 0.238 e. The summed E-state index contributed by atoms with van der Waals surface area (Å²) in [5.41, 5.74) is 2.25. The summed E-state index contributed by atoms with van der Waals surface area (Å²) in [5, 5.41) is 3.41. The number of aliphatic imine (C=N–C) groups is 1. The lowest BCUT2D eigenvalue weighted by Gasteiger charge is -2.28. The number of hydrogen-bond acceptors (Lipinski definition) is 5. The number of rotatable bonds is 9. The average Bonchev–Trinajstić information content (AvgIpc) is 2.80. The highest BCUT2D eigenvalue weighted by molar-refractivity contribution is 8.15. The third kappa shape index (κ3) is 7.24. The molecule has 1 aliphatic heterocycles. The monoisotopic (exact) mass is 487 g/mol. The van der Waals surface area contributed by atoms with Gasteiger partial charge in [-0.15, -0.1) is 0 Å². The van der Waals surface area contributed by atoms with Crippen LogP contribution in [0.1, 0.15) is 44.6 Å². The third-order valence-electron chi connectivity index (χ3n) is 5.33. The standard InChI is InChI=1S/C25H30ClN3O3S/c1-4-5-6-7-14-32-20-12-10-18(11-13-20)27-24(31)22-16-23(30)29(3)25(33-22)28-19-9-8-17(2)21(26)15-19/h8-13,15,22H,4-7,14,16H2,1-3H3,(H,27,31). The minimum Gasteiger partial charge on any atom is -0.494 e. The van der Waals surface area contributed by atoms with E-state index >= 15 is 0 Å². The number of thioether (sulfide) groups is 1. The highest BCUT2D eigenvalue weighted by atomic mass is 35.5. The predicted octanol–water partition coefficient (Wildman–Crippen LogP) is 6.20. The lowest BCUT2D eigenvalue weighted by atomic mass is 10.2. The third-order valence-corrected chi connectivity index (χ3v) is 6.98. The Morgan fingerprint density at radius 1 is 1.21 bits per heavy atom. The van der Waals surface area contributed by atoms with E-state index < -0.39 is 5.25 Å². The van der Waals surface area contributed by atoms with Gasteiger partial charge in [-0.1, -0.05) is 55.6 Å². The van der Waals surface area contributed by atoms with Crippen molar-refractivity contribution in [3.63, 3.8) is 0 Å². The van der Waals surface area contributed by atoms with E-state index in [0.29, 0.717) is 28.2 Å². The van der Waals surface area contributed by atoms with Gasteiger partial charge in [0.1, 0.15) is 11.0 Å². The number of nitrogens with zero attached hydrogens (tertiary/aromatic N) is 2. The number of halogens is 1. The summed E-state index contributed by atoms with van der Waals surface area (Å²) >= 11 is 7.47. The molecule has 2 amide bonds. The molecule has 1 atom stereocenters. The van der Waals surface area contributed by atoms with Crippen LogP contribution in [0.15, 0.2) is 47.5 Å². The number of carbonyl (C=O) groups excluding carboxylic acids is 2. The molecule has 0 spiro atoms. The van der Waals surface area contributed by atoms with Crippen LogP contribution < -0.4 is 10.1 Å². The Morgan fingerprint density at radius 2 is 1.97 bits per heavy atom. The van der Waals surface area contributed by atoms with E-state index in [2.05, 4.69) is 17.2 Å². The molecule has 6 nitrogen and oxygen atoms in total. The predicted molar refractivity (Wildman–Crippen MR) is 137 cm³/mol. The summed E-state index contributed by atoms with van der Waals surface area (Å²) in [6.07, 6.45) is 4.73. The minimum atomic E-state index is -0.567. The first-order valence-electron chi connectivity index (χ1n) is 11.2. The number of ether oxygens (including phenoxy) is 1. The first kappa shape index (κ1) is 25.1. The molecule has 2 aromatic carbocycles. The quantitative estimate of drug-likeness (QED) is 0.427. The molecular weight excluding hydrogens is 458 g/mol. The van der Waals surface area contributed by atoms with Crippen molar-refractivity contribution in [3.8, 4) is 5.75 Å². The van der Waals surface area contributed by atoms with Gasteiger partial charge in [0.2, 0.25) is 11.8 Å². The first-order chi connectivity index (χ1) is 15.9. The van der Waals surface area contributed by atoms with Crippen LogP contribution in [0, 0.1) is 6.92 Å². The molecule has 1 unspecified atom stereocenters. The number of hydrogen-bond donors (Lipinski definition) is 1. The highest BCUT2D eigenvalue weighted by Gasteiger charge is 2.34. The van der Waals surface area contributed by atoms with Gasteiger partial charge < -0.3 is 10.1 Å². The molecule has 0 radical (unpaired) electrons. The summed E-state index contributed by atoms with van der Waals surface area (Å²) in [4.78, 5) is 31.4. The van der Waals surface area contributed by atoms with Gasteiger partial charge in [0.25, 0.3) is 0 Å². The fraction of sp³-hybridized carbons (Fsp3) is 0.400. The number of anilines is 1. The van der Waals surface area contributed by atoms with Crippen LogP contribution in [-0.4, -0.2) is 40.8 Å². The molecular formula is C25H30ClN3O3S. The molecule has 0 bridgehead atoms. The molecule has 1 saturated heterocycles. The molecule has 8 heteroatoms.